The molecule has 2 radical (unpaired) electrons. The number of rotatable bonds is 11. The van der Waals surface area contributed by atoms with Gasteiger partial charge in [0.1, 0.15) is 0 Å². The molecule has 140 valence electrons. The van der Waals surface area contributed by atoms with Crippen molar-refractivity contribution in [3.05, 3.63) is 29.8 Å². The Balaban J connectivity index is 0. The minimum Gasteiger partial charge on any atom is -0.372 e. The van der Waals surface area contributed by atoms with Crippen LogP contribution in [0.4, 0.5) is 5.69 Å². The molecule has 1 rings (SSSR count). The van der Waals surface area contributed by atoms with Crippen molar-refractivity contribution in [1.82, 2.24) is 0 Å². The summed E-state index contributed by atoms with van der Waals surface area (Å²) in [4.78, 5) is 2.06. The van der Waals surface area contributed by atoms with E-state index < -0.39 is 20.2 Å². The SMILES string of the molecule is Cc1cccc(N(CCCCS(=O)(=O)O)CCCCS(=O)(=O)O)c1.[Na].[Na]. The molecule has 0 aliphatic rings. The summed E-state index contributed by atoms with van der Waals surface area (Å²) in [6.45, 7) is 3.17. The topological polar surface area (TPSA) is 112 Å². The predicted octanol–water partition coefficient (Wildman–Crippen LogP) is 1.38. The number of hydrogen-bond acceptors (Lipinski definition) is 5. The van der Waals surface area contributed by atoms with E-state index in [2.05, 4.69) is 4.90 Å². The van der Waals surface area contributed by atoms with Gasteiger partial charge in [-0.2, -0.15) is 16.8 Å². The molecule has 0 fully saturated rings. The van der Waals surface area contributed by atoms with Gasteiger partial charge in [-0.15, -0.1) is 0 Å². The monoisotopic (exact) mass is 425 g/mol. The van der Waals surface area contributed by atoms with E-state index in [0.29, 0.717) is 38.8 Å². The fourth-order valence-electron chi connectivity index (χ4n) is 2.37. The Hall–Kier alpha value is 0.840. The van der Waals surface area contributed by atoms with E-state index in [-0.39, 0.29) is 70.6 Å². The molecule has 0 aliphatic heterocycles. The Kier molecular flexibility index (Phi) is 15.6. The zero-order chi connectivity index (χ0) is 18.2. The van der Waals surface area contributed by atoms with Crippen molar-refractivity contribution >= 4 is 85.0 Å². The van der Waals surface area contributed by atoms with Gasteiger partial charge in [0.05, 0.1) is 11.5 Å². The van der Waals surface area contributed by atoms with E-state index in [9.17, 15) is 16.8 Å². The van der Waals surface area contributed by atoms with Crippen molar-refractivity contribution in [2.24, 2.45) is 0 Å². The molecule has 1 aromatic rings. The quantitative estimate of drug-likeness (QED) is 0.313. The van der Waals surface area contributed by atoms with E-state index in [1.807, 2.05) is 31.2 Å². The van der Waals surface area contributed by atoms with E-state index in [0.717, 1.165) is 11.3 Å². The second-order valence-corrected chi connectivity index (χ2v) is 8.96. The fourth-order valence-corrected chi connectivity index (χ4v) is 3.51. The van der Waals surface area contributed by atoms with Gasteiger partial charge in [0.2, 0.25) is 0 Å². The first-order valence-electron chi connectivity index (χ1n) is 7.79. The molecule has 26 heavy (non-hydrogen) atoms. The van der Waals surface area contributed by atoms with Crippen LogP contribution in [-0.4, -0.2) is 110 Å². The molecular weight excluding hydrogens is 400 g/mol. The fraction of sp³-hybridized carbons (Fsp3) is 0.600. The third-order valence-corrected chi connectivity index (χ3v) is 5.14. The summed E-state index contributed by atoms with van der Waals surface area (Å²) in [5.74, 6) is -0.533. The van der Waals surface area contributed by atoms with Crippen molar-refractivity contribution < 1.29 is 25.9 Å². The number of hydrogen-bond donors (Lipinski definition) is 2. The second kappa shape index (κ2) is 13.9. The zero-order valence-corrected chi connectivity index (χ0v) is 21.4. The van der Waals surface area contributed by atoms with Gasteiger partial charge >= 0.3 is 0 Å². The molecule has 0 amide bonds. The van der Waals surface area contributed by atoms with Crippen molar-refractivity contribution in [3.63, 3.8) is 0 Å². The average Bonchev–Trinajstić information content (AvgIpc) is 2.43. The molecule has 0 aliphatic carbocycles. The smallest absolute Gasteiger partial charge is 0.264 e. The maximum Gasteiger partial charge on any atom is 0.264 e. The number of anilines is 1. The molecule has 2 N–H and O–H groups in total. The summed E-state index contributed by atoms with van der Waals surface area (Å²) >= 11 is 0. The first-order valence-corrected chi connectivity index (χ1v) is 11.0. The molecule has 7 nitrogen and oxygen atoms in total. The number of nitrogens with zero attached hydrogens (tertiary/aromatic N) is 1. The molecular formula is C15H25NNa2O6S2. The van der Waals surface area contributed by atoms with Gasteiger partial charge in [0.15, 0.2) is 0 Å². The van der Waals surface area contributed by atoms with Crippen molar-refractivity contribution in [2.75, 3.05) is 29.5 Å². The minimum absolute atomic E-state index is 0. The molecule has 0 heterocycles. The normalized spacial score (nSPS) is 11.3. The molecule has 0 unspecified atom stereocenters. The van der Waals surface area contributed by atoms with Crippen LogP contribution in [0, 0.1) is 6.92 Å². The van der Waals surface area contributed by atoms with Crippen molar-refractivity contribution in [2.45, 2.75) is 32.6 Å². The second-order valence-electron chi connectivity index (χ2n) is 5.81. The summed E-state index contributed by atoms with van der Waals surface area (Å²) in [6.07, 6.45) is 1.89. The summed E-state index contributed by atoms with van der Waals surface area (Å²) in [7, 11) is -7.89. The van der Waals surface area contributed by atoms with Gasteiger partial charge in [-0.05, 0) is 50.3 Å². The molecule has 11 heteroatoms. The summed E-state index contributed by atoms with van der Waals surface area (Å²) in [6, 6.07) is 7.84. The first kappa shape index (κ1) is 29.0. The maximum absolute atomic E-state index is 10.8. The largest absolute Gasteiger partial charge is 0.372 e. The molecule has 0 saturated carbocycles. The van der Waals surface area contributed by atoms with Gasteiger partial charge in [-0.1, -0.05) is 12.1 Å². The van der Waals surface area contributed by atoms with Crippen LogP contribution in [0.3, 0.4) is 0 Å². The van der Waals surface area contributed by atoms with Gasteiger partial charge in [0, 0.05) is 77.9 Å². The van der Waals surface area contributed by atoms with Crippen LogP contribution in [0.15, 0.2) is 24.3 Å². The van der Waals surface area contributed by atoms with Gasteiger partial charge < -0.3 is 4.90 Å². The van der Waals surface area contributed by atoms with E-state index in [1.54, 1.807) is 0 Å². The summed E-state index contributed by atoms with van der Waals surface area (Å²) in [5, 5.41) is 0. The zero-order valence-electron chi connectivity index (χ0n) is 15.8. The Morgan fingerprint density at radius 1 is 0.846 bits per heavy atom. The number of unbranched alkanes of at least 4 members (excludes halogenated alkanes) is 2. The van der Waals surface area contributed by atoms with E-state index >= 15 is 0 Å². The Morgan fingerprint density at radius 3 is 1.69 bits per heavy atom. The van der Waals surface area contributed by atoms with E-state index in [4.69, 9.17) is 9.11 Å². The minimum atomic E-state index is -3.94. The van der Waals surface area contributed by atoms with Crippen LogP contribution in [0.5, 0.6) is 0 Å². The van der Waals surface area contributed by atoms with E-state index in [1.165, 1.54) is 0 Å². The molecule has 0 aromatic heterocycles. The predicted molar refractivity (Wildman–Crippen MR) is 106 cm³/mol. The van der Waals surface area contributed by atoms with Crippen LogP contribution in [0.25, 0.3) is 0 Å². The van der Waals surface area contributed by atoms with Gasteiger partial charge in [-0.25, -0.2) is 0 Å². The molecule has 0 saturated heterocycles. The summed E-state index contributed by atoms with van der Waals surface area (Å²) < 4.78 is 60.6. The van der Waals surface area contributed by atoms with Crippen LogP contribution in [0.2, 0.25) is 0 Å². The number of aryl methyl sites for hydroxylation is 1. The van der Waals surface area contributed by atoms with Crippen molar-refractivity contribution in [3.8, 4) is 0 Å². The van der Waals surface area contributed by atoms with Crippen LogP contribution < -0.4 is 4.90 Å². The Bertz CT molecular complexity index is 685. The molecule has 1 aromatic carbocycles. The molecule has 0 bridgehead atoms. The van der Waals surface area contributed by atoms with Crippen LogP contribution >= 0.6 is 0 Å². The third-order valence-electron chi connectivity index (χ3n) is 3.53. The van der Waals surface area contributed by atoms with Gasteiger partial charge in [-0.3, -0.25) is 9.11 Å². The van der Waals surface area contributed by atoms with Gasteiger partial charge in [0.25, 0.3) is 20.2 Å². The third kappa shape index (κ3) is 14.8. The number of benzene rings is 1. The van der Waals surface area contributed by atoms with Crippen LogP contribution in [-0.2, 0) is 20.2 Å². The van der Waals surface area contributed by atoms with Crippen molar-refractivity contribution in [1.29, 1.82) is 0 Å². The van der Waals surface area contributed by atoms with Crippen LogP contribution in [0.1, 0.15) is 31.2 Å². The molecule has 0 atom stereocenters. The average molecular weight is 425 g/mol. The standard InChI is InChI=1S/C15H25NO6S2.2Na/c1-14-7-6-8-15(13-14)16(9-2-4-11-23(17,18)19)10-3-5-12-24(20,21)22;;/h6-8,13H,2-5,9-12H2,1H3,(H,17,18,19)(H,20,21,22);;. The Labute approximate surface area is 201 Å². The maximum atomic E-state index is 10.8. The Morgan fingerprint density at radius 2 is 1.31 bits per heavy atom. The molecule has 0 spiro atoms. The summed E-state index contributed by atoms with van der Waals surface area (Å²) in [5.41, 5.74) is 2.07. The first-order chi connectivity index (χ1) is 11.1.